The van der Waals surface area contributed by atoms with Gasteiger partial charge in [-0.3, -0.25) is 0 Å². The van der Waals surface area contributed by atoms with Gasteiger partial charge in [-0.05, 0) is 42.8 Å². The number of ether oxygens (including phenoxy) is 2. The van der Waals surface area contributed by atoms with Crippen LogP contribution in [0.3, 0.4) is 0 Å². The molecule has 1 unspecified atom stereocenters. The number of benzene rings is 2. The Morgan fingerprint density at radius 3 is 2.54 bits per heavy atom. The first-order chi connectivity index (χ1) is 11.3. The van der Waals surface area contributed by atoms with Crippen LogP contribution >= 0.6 is 0 Å². The smallest absolute Gasteiger partial charge is 0.496 e. The summed E-state index contributed by atoms with van der Waals surface area (Å²) in [6, 6.07) is 10.7. The molecule has 0 spiro atoms. The van der Waals surface area contributed by atoms with Crippen molar-refractivity contribution in [1.29, 1.82) is 0 Å². The van der Waals surface area contributed by atoms with Gasteiger partial charge in [-0.2, -0.15) is 0 Å². The van der Waals surface area contributed by atoms with Gasteiger partial charge in [0.25, 0.3) is 0 Å². The molecule has 130 valence electrons. The van der Waals surface area contributed by atoms with Crippen molar-refractivity contribution in [2.24, 2.45) is 0 Å². The number of methoxy groups -OCH3 is 1. The van der Waals surface area contributed by atoms with Gasteiger partial charge in [0.05, 0.1) is 13.7 Å². The quantitative estimate of drug-likeness (QED) is 0.824. The van der Waals surface area contributed by atoms with Crippen molar-refractivity contribution in [3.8, 4) is 11.5 Å². The highest BCUT2D eigenvalue weighted by molar-refractivity contribution is 5.52. The number of aliphatic hydroxyl groups is 1. The van der Waals surface area contributed by atoms with Crippen molar-refractivity contribution in [1.82, 2.24) is 0 Å². The monoisotopic (exact) mass is 341 g/mol. The third-order valence-corrected chi connectivity index (χ3v) is 3.43. The van der Waals surface area contributed by atoms with Crippen molar-refractivity contribution in [2.45, 2.75) is 25.9 Å². The van der Waals surface area contributed by atoms with Crippen molar-refractivity contribution in [3.05, 3.63) is 53.6 Å². The van der Waals surface area contributed by atoms with Gasteiger partial charge in [0.2, 0.25) is 0 Å². The van der Waals surface area contributed by atoms with Crippen LogP contribution < -0.4 is 14.8 Å². The van der Waals surface area contributed by atoms with Gasteiger partial charge in [0.15, 0.2) is 0 Å². The molecule has 2 rings (SSSR count). The Bertz CT molecular complexity index is 689. The number of hydrogen-bond acceptors (Lipinski definition) is 4. The first kappa shape index (κ1) is 17.9. The average molecular weight is 341 g/mol. The molecule has 0 amide bonds. The molecule has 4 nitrogen and oxygen atoms in total. The summed E-state index contributed by atoms with van der Waals surface area (Å²) in [5.74, 6) is 0.302. The Hall–Kier alpha value is -2.41. The number of rotatable bonds is 6. The predicted molar refractivity (Wildman–Crippen MR) is 84.1 cm³/mol. The second kappa shape index (κ2) is 7.44. The van der Waals surface area contributed by atoms with Crippen molar-refractivity contribution >= 4 is 5.69 Å². The van der Waals surface area contributed by atoms with E-state index in [0.29, 0.717) is 16.9 Å². The lowest BCUT2D eigenvalue weighted by molar-refractivity contribution is -0.274. The number of anilines is 1. The van der Waals surface area contributed by atoms with Crippen LogP contribution in [0.15, 0.2) is 42.5 Å². The Labute approximate surface area is 137 Å². The minimum Gasteiger partial charge on any atom is -0.496 e. The second-order valence-corrected chi connectivity index (χ2v) is 5.17. The molecular formula is C17H18F3NO3. The number of halogens is 3. The van der Waals surface area contributed by atoms with Gasteiger partial charge >= 0.3 is 6.36 Å². The van der Waals surface area contributed by atoms with Gasteiger partial charge in [-0.15, -0.1) is 13.2 Å². The fourth-order valence-corrected chi connectivity index (χ4v) is 2.31. The van der Waals surface area contributed by atoms with Crippen LogP contribution in [0, 0.1) is 0 Å². The standard InChI is InChI=1S/C17H18F3NO3/c1-11(12-4-3-5-15(9-12)24-17(18,19)20)21-14-6-7-16(23-2)13(8-14)10-22/h3-9,11,21-22H,10H2,1-2H3. The molecule has 24 heavy (non-hydrogen) atoms. The number of aliphatic hydroxyl groups excluding tert-OH is 1. The zero-order valence-corrected chi connectivity index (χ0v) is 13.2. The summed E-state index contributed by atoms with van der Waals surface area (Å²) >= 11 is 0. The van der Waals surface area contributed by atoms with E-state index in [-0.39, 0.29) is 18.4 Å². The van der Waals surface area contributed by atoms with Crippen molar-refractivity contribution in [2.75, 3.05) is 12.4 Å². The van der Waals surface area contributed by atoms with Crippen LogP contribution in [0.5, 0.6) is 11.5 Å². The van der Waals surface area contributed by atoms with Crippen LogP contribution in [0.25, 0.3) is 0 Å². The lowest BCUT2D eigenvalue weighted by Crippen LogP contribution is -2.17. The summed E-state index contributed by atoms with van der Waals surface area (Å²) < 4.78 is 46.0. The van der Waals surface area contributed by atoms with Crippen LogP contribution in [-0.4, -0.2) is 18.6 Å². The van der Waals surface area contributed by atoms with Gasteiger partial charge in [-0.25, -0.2) is 0 Å². The molecular weight excluding hydrogens is 323 g/mol. The van der Waals surface area contributed by atoms with E-state index in [1.807, 2.05) is 6.92 Å². The average Bonchev–Trinajstić information content (AvgIpc) is 2.53. The number of alkyl halides is 3. The fourth-order valence-electron chi connectivity index (χ4n) is 2.31. The van der Waals surface area contributed by atoms with E-state index in [4.69, 9.17) is 4.74 Å². The van der Waals surface area contributed by atoms with E-state index in [9.17, 15) is 18.3 Å². The molecule has 0 aliphatic heterocycles. The van der Waals surface area contributed by atoms with E-state index < -0.39 is 6.36 Å². The zero-order chi connectivity index (χ0) is 17.7. The molecule has 0 aromatic heterocycles. The fraction of sp³-hybridized carbons (Fsp3) is 0.294. The molecule has 1 atom stereocenters. The minimum atomic E-state index is -4.72. The van der Waals surface area contributed by atoms with E-state index in [2.05, 4.69) is 10.1 Å². The van der Waals surface area contributed by atoms with E-state index in [1.54, 1.807) is 24.3 Å². The highest BCUT2D eigenvalue weighted by atomic mass is 19.4. The molecule has 0 saturated heterocycles. The van der Waals surface area contributed by atoms with Crippen molar-refractivity contribution in [3.63, 3.8) is 0 Å². The molecule has 2 aromatic carbocycles. The SMILES string of the molecule is COc1ccc(NC(C)c2cccc(OC(F)(F)F)c2)cc1CO. The maximum atomic E-state index is 12.3. The Morgan fingerprint density at radius 2 is 1.92 bits per heavy atom. The molecule has 0 aliphatic rings. The van der Waals surface area contributed by atoms with Gasteiger partial charge in [0, 0.05) is 17.3 Å². The summed E-state index contributed by atoms with van der Waals surface area (Å²) in [7, 11) is 1.51. The third kappa shape index (κ3) is 4.79. The van der Waals surface area contributed by atoms with E-state index in [1.165, 1.54) is 25.3 Å². The van der Waals surface area contributed by atoms with Crippen LogP contribution in [0.4, 0.5) is 18.9 Å². The molecule has 0 saturated carbocycles. The van der Waals surface area contributed by atoms with Gasteiger partial charge in [0.1, 0.15) is 11.5 Å². The predicted octanol–water partition coefficient (Wildman–Crippen LogP) is 4.26. The zero-order valence-electron chi connectivity index (χ0n) is 13.2. The summed E-state index contributed by atoms with van der Waals surface area (Å²) in [6.45, 7) is 1.64. The summed E-state index contributed by atoms with van der Waals surface area (Å²) in [5.41, 5.74) is 1.97. The first-order valence-electron chi connectivity index (χ1n) is 7.22. The molecule has 0 fully saturated rings. The molecule has 0 heterocycles. The van der Waals surface area contributed by atoms with Gasteiger partial charge in [-0.1, -0.05) is 12.1 Å². The van der Waals surface area contributed by atoms with Crippen molar-refractivity contribution < 1.29 is 27.8 Å². The van der Waals surface area contributed by atoms with Crippen LogP contribution in [0.1, 0.15) is 24.1 Å². The molecule has 0 aliphatic carbocycles. The molecule has 2 N–H and O–H groups in total. The minimum absolute atomic E-state index is 0.179. The number of nitrogens with one attached hydrogen (secondary N) is 1. The molecule has 7 heteroatoms. The largest absolute Gasteiger partial charge is 0.573 e. The Kier molecular flexibility index (Phi) is 5.56. The Balaban J connectivity index is 2.15. The third-order valence-electron chi connectivity index (χ3n) is 3.43. The summed E-state index contributed by atoms with van der Waals surface area (Å²) in [6.07, 6.45) is -4.72. The highest BCUT2D eigenvalue weighted by Crippen LogP contribution is 2.28. The highest BCUT2D eigenvalue weighted by Gasteiger charge is 2.31. The molecule has 0 bridgehead atoms. The topological polar surface area (TPSA) is 50.7 Å². The molecule has 2 aromatic rings. The number of hydrogen-bond donors (Lipinski definition) is 2. The molecule has 0 radical (unpaired) electrons. The van der Waals surface area contributed by atoms with E-state index in [0.717, 1.165) is 5.69 Å². The van der Waals surface area contributed by atoms with Crippen LogP contribution in [0.2, 0.25) is 0 Å². The second-order valence-electron chi connectivity index (χ2n) is 5.17. The van der Waals surface area contributed by atoms with Gasteiger partial charge < -0.3 is 19.9 Å². The first-order valence-corrected chi connectivity index (χ1v) is 7.22. The maximum Gasteiger partial charge on any atom is 0.573 e. The lowest BCUT2D eigenvalue weighted by Gasteiger charge is -2.18. The Morgan fingerprint density at radius 1 is 1.17 bits per heavy atom. The van der Waals surface area contributed by atoms with E-state index >= 15 is 0 Å². The summed E-state index contributed by atoms with van der Waals surface area (Å²) in [5, 5.41) is 12.5. The van der Waals surface area contributed by atoms with Crippen LogP contribution in [-0.2, 0) is 6.61 Å². The lowest BCUT2D eigenvalue weighted by atomic mass is 10.1. The maximum absolute atomic E-state index is 12.3. The normalized spacial score (nSPS) is 12.6. The summed E-state index contributed by atoms with van der Waals surface area (Å²) in [4.78, 5) is 0.